The average Bonchev–Trinajstić information content (AvgIpc) is 3.68. The molecule has 3 heterocycles. The first kappa shape index (κ1) is 26.9. The van der Waals surface area contributed by atoms with E-state index in [-0.39, 0.29) is 11.5 Å². The maximum absolute atomic E-state index is 13.0. The molecule has 0 spiro atoms. The summed E-state index contributed by atoms with van der Waals surface area (Å²) in [6.07, 6.45) is 6.18. The number of hydrogen-bond acceptors (Lipinski definition) is 9. The Bertz CT molecular complexity index is 1780. The fraction of sp³-hybridized carbons (Fsp3) is 0.200. The molecule has 0 radical (unpaired) electrons. The molecule has 10 heteroatoms. The number of methoxy groups -OCH3 is 1. The lowest BCUT2D eigenvalue weighted by molar-refractivity contribution is 0.0526. The summed E-state index contributed by atoms with van der Waals surface area (Å²) in [5.74, 6) is 2.52. The third-order valence-corrected chi connectivity index (χ3v) is 6.81. The van der Waals surface area contributed by atoms with Crippen molar-refractivity contribution >= 4 is 40.5 Å². The predicted molar refractivity (Wildman–Crippen MR) is 154 cm³/mol. The predicted octanol–water partition coefficient (Wildman–Crippen LogP) is 5.10. The second kappa shape index (κ2) is 12.0. The Morgan fingerprint density at radius 2 is 1.88 bits per heavy atom. The minimum atomic E-state index is -0.368. The number of carbonyl (C=O) groups is 1. The van der Waals surface area contributed by atoms with Gasteiger partial charge in [-0.3, -0.25) is 4.79 Å². The van der Waals surface area contributed by atoms with Gasteiger partial charge < -0.3 is 18.6 Å². The molecule has 0 aliphatic heterocycles. The summed E-state index contributed by atoms with van der Waals surface area (Å²) in [6, 6.07) is 16.2. The van der Waals surface area contributed by atoms with Crippen LogP contribution in [0, 0.1) is 0 Å². The lowest BCUT2D eigenvalue weighted by Crippen LogP contribution is -2.23. The largest absolute Gasteiger partial charge is 0.493 e. The van der Waals surface area contributed by atoms with Crippen LogP contribution in [0.2, 0.25) is 0 Å². The van der Waals surface area contributed by atoms with Crippen LogP contribution >= 0.6 is 11.3 Å². The summed E-state index contributed by atoms with van der Waals surface area (Å²) >= 11 is 1.23. The fourth-order valence-corrected chi connectivity index (χ4v) is 4.80. The maximum Gasteiger partial charge on any atom is 0.338 e. The molecule has 2 aromatic carbocycles. The van der Waals surface area contributed by atoms with Crippen LogP contribution in [0.25, 0.3) is 34.5 Å². The quantitative estimate of drug-likeness (QED) is 0.218. The maximum atomic E-state index is 13.0. The van der Waals surface area contributed by atoms with E-state index in [1.54, 1.807) is 56.5 Å². The van der Waals surface area contributed by atoms with Crippen molar-refractivity contribution in [1.82, 2.24) is 14.6 Å². The van der Waals surface area contributed by atoms with E-state index < -0.39 is 0 Å². The SMILES string of the molecule is CCCOc1ccc(/C=C/c2nc3s/c(=C\c4ccc(-c5ccc(C(=O)OCC)cc5)o4)c(=O)n3n2)cc1OC. The molecule has 0 saturated heterocycles. The lowest BCUT2D eigenvalue weighted by Gasteiger charge is -2.10. The molecule has 0 aliphatic rings. The van der Waals surface area contributed by atoms with Gasteiger partial charge in [0.25, 0.3) is 5.56 Å². The van der Waals surface area contributed by atoms with E-state index in [0.29, 0.717) is 57.1 Å². The molecule has 5 rings (SSSR count). The third-order valence-electron chi connectivity index (χ3n) is 5.85. The van der Waals surface area contributed by atoms with Gasteiger partial charge in [-0.25, -0.2) is 4.79 Å². The highest BCUT2D eigenvalue weighted by molar-refractivity contribution is 7.15. The first-order valence-corrected chi connectivity index (χ1v) is 13.6. The number of rotatable bonds is 10. The zero-order valence-corrected chi connectivity index (χ0v) is 23.1. The van der Waals surface area contributed by atoms with Crippen LogP contribution in [0.3, 0.4) is 0 Å². The number of thiazole rings is 1. The van der Waals surface area contributed by atoms with Gasteiger partial charge in [0.05, 0.1) is 25.9 Å². The van der Waals surface area contributed by atoms with Gasteiger partial charge in [0, 0.05) is 11.6 Å². The molecule has 0 amide bonds. The Morgan fingerprint density at radius 1 is 1.05 bits per heavy atom. The van der Waals surface area contributed by atoms with E-state index in [0.717, 1.165) is 17.5 Å². The monoisotopic (exact) mass is 557 g/mol. The smallest absolute Gasteiger partial charge is 0.338 e. The summed E-state index contributed by atoms with van der Waals surface area (Å²) in [5, 5.41) is 4.35. The minimum Gasteiger partial charge on any atom is -0.493 e. The molecule has 0 fully saturated rings. The number of ether oxygens (including phenoxy) is 3. The molecule has 5 aromatic rings. The molecule has 0 N–H and O–H groups in total. The molecule has 9 nitrogen and oxygen atoms in total. The number of hydrogen-bond donors (Lipinski definition) is 0. The number of fused-ring (bicyclic) bond motifs is 1. The normalized spacial score (nSPS) is 11.9. The second-order valence-corrected chi connectivity index (χ2v) is 9.68. The topological polar surface area (TPSA) is 105 Å². The van der Waals surface area contributed by atoms with Gasteiger partial charge in [-0.05, 0) is 61.4 Å². The third kappa shape index (κ3) is 5.81. The zero-order chi connectivity index (χ0) is 28.1. The molecule has 0 saturated carbocycles. The number of benzene rings is 2. The van der Waals surface area contributed by atoms with Gasteiger partial charge in [0.2, 0.25) is 4.96 Å². The van der Waals surface area contributed by atoms with Gasteiger partial charge in [-0.2, -0.15) is 9.50 Å². The molecule has 204 valence electrons. The standard InChI is InChI=1S/C30H27N3O6S/c1-4-16-38-24-13-6-19(17-25(24)36-3)7-15-27-31-30-33(32-27)28(34)26(40-30)18-22-12-14-23(39-22)20-8-10-21(11-9-20)29(35)37-5-2/h6-15,17-18H,4-5,16H2,1-3H3/b15-7+,26-18-. The number of aromatic nitrogens is 3. The average molecular weight is 558 g/mol. The molecule has 0 atom stereocenters. The van der Waals surface area contributed by atoms with Crippen LogP contribution in [0.15, 0.2) is 63.8 Å². The lowest BCUT2D eigenvalue weighted by atomic mass is 10.1. The molecular formula is C30H27N3O6S. The number of nitrogens with zero attached hydrogens (tertiary/aromatic N) is 3. The minimum absolute atomic E-state index is 0.275. The molecule has 40 heavy (non-hydrogen) atoms. The highest BCUT2D eigenvalue weighted by Gasteiger charge is 2.12. The highest BCUT2D eigenvalue weighted by Crippen LogP contribution is 2.29. The van der Waals surface area contributed by atoms with Crippen molar-refractivity contribution in [2.45, 2.75) is 20.3 Å². The number of carbonyl (C=O) groups excluding carboxylic acids is 1. The van der Waals surface area contributed by atoms with E-state index in [1.165, 1.54) is 15.9 Å². The summed E-state index contributed by atoms with van der Waals surface area (Å²) in [4.78, 5) is 29.8. The Hall–Kier alpha value is -4.70. The van der Waals surface area contributed by atoms with E-state index in [9.17, 15) is 9.59 Å². The summed E-state index contributed by atoms with van der Waals surface area (Å²) < 4.78 is 23.8. The van der Waals surface area contributed by atoms with Crippen molar-refractivity contribution in [1.29, 1.82) is 0 Å². The summed E-state index contributed by atoms with van der Waals surface area (Å²) in [5.41, 5.74) is 1.88. The van der Waals surface area contributed by atoms with E-state index in [2.05, 4.69) is 10.1 Å². The van der Waals surface area contributed by atoms with Crippen LogP contribution in [-0.2, 0) is 4.74 Å². The van der Waals surface area contributed by atoms with Crippen LogP contribution in [-0.4, -0.2) is 40.9 Å². The molecular weight excluding hydrogens is 530 g/mol. The van der Waals surface area contributed by atoms with Crippen LogP contribution in [0.5, 0.6) is 11.5 Å². The van der Waals surface area contributed by atoms with E-state index >= 15 is 0 Å². The highest BCUT2D eigenvalue weighted by atomic mass is 32.1. The van der Waals surface area contributed by atoms with Crippen molar-refractivity contribution in [2.24, 2.45) is 0 Å². The first-order valence-electron chi connectivity index (χ1n) is 12.8. The van der Waals surface area contributed by atoms with Crippen molar-refractivity contribution in [3.05, 3.63) is 92.2 Å². The van der Waals surface area contributed by atoms with Gasteiger partial charge >= 0.3 is 5.97 Å². The van der Waals surface area contributed by atoms with Gasteiger partial charge in [-0.1, -0.05) is 42.5 Å². The number of esters is 1. The van der Waals surface area contributed by atoms with Gasteiger partial charge in [0.15, 0.2) is 17.3 Å². The zero-order valence-electron chi connectivity index (χ0n) is 22.2. The molecule has 3 aromatic heterocycles. The Balaban J connectivity index is 1.33. The Kier molecular flexibility index (Phi) is 8.07. The van der Waals surface area contributed by atoms with Crippen LogP contribution in [0.4, 0.5) is 0 Å². The molecule has 0 unspecified atom stereocenters. The summed E-state index contributed by atoms with van der Waals surface area (Å²) in [7, 11) is 1.60. The van der Waals surface area contributed by atoms with Crippen molar-refractivity contribution < 1.29 is 23.4 Å². The van der Waals surface area contributed by atoms with Gasteiger partial charge in [-0.15, -0.1) is 5.10 Å². The first-order chi connectivity index (χ1) is 19.5. The fourth-order valence-electron chi connectivity index (χ4n) is 3.91. The Morgan fingerprint density at radius 3 is 2.60 bits per heavy atom. The molecule has 0 aliphatic carbocycles. The summed E-state index contributed by atoms with van der Waals surface area (Å²) in [6.45, 7) is 4.75. The van der Waals surface area contributed by atoms with Crippen molar-refractivity contribution in [2.75, 3.05) is 20.3 Å². The van der Waals surface area contributed by atoms with E-state index in [1.807, 2.05) is 37.3 Å². The molecule has 0 bridgehead atoms. The van der Waals surface area contributed by atoms with Crippen LogP contribution in [0.1, 0.15) is 47.8 Å². The van der Waals surface area contributed by atoms with Crippen LogP contribution < -0.4 is 19.6 Å². The van der Waals surface area contributed by atoms with Gasteiger partial charge in [0.1, 0.15) is 16.1 Å². The Labute approximate surface area is 233 Å². The second-order valence-electron chi connectivity index (χ2n) is 8.67. The van der Waals surface area contributed by atoms with E-state index in [4.69, 9.17) is 18.6 Å². The van der Waals surface area contributed by atoms with Crippen molar-refractivity contribution in [3.8, 4) is 22.8 Å². The number of furan rings is 1. The van der Waals surface area contributed by atoms with Crippen molar-refractivity contribution in [3.63, 3.8) is 0 Å².